The van der Waals surface area contributed by atoms with Crippen molar-refractivity contribution in [2.75, 3.05) is 13.1 Å². The van der Waals surface area contributed by atoms with E-state index in [0.717, 1.165) is 19.0 Å². The van der Waals surface area contributed by atoms with E-state index in [1.165, 1.54) is 12.0 Å². The summed E-state index contributed by atoms with van der Waals surface area (Å²) in [5.41, 5.74) is 1.27. The Morgan fingerprint density at radius 1 is 1.20 bits per heavy atom. The van der Waals surface area contributed by atoms with E-state index >= 15 is 0 Å². The lowest BCUT2D eigenvalue weighted by atomic mass is 10.1. The van der Waals surface area contributed by atoms with Gasteiger partial charge in [0.15, 0.2) is 0 Å². The normalized spacial score (nSPS) is 11.4. The van der Waals surface area contributed by atoms with Gasteiger partial charge in [-0.2, -0.15) is 0 Å². The molecule has 15 heavy (non-hydrogen) atoms. The van der Waals surface area contributed by atoms with Gasteiger partial charge >= 0.3 is 0 Å². The number of benzene rings is 1. The Kier molecular flexibility index (Phi) is 5.79. The molecule has 1 heteroatoms. The highest BCUT2D eigenvalue weighted by molar-refractivity contribution is 5.48. The molecule has 0 spiro atoms. The molecule has 1 rings (SSSR count). The van der Waals surface area contributed by atoms with Crippen LogP contribution >= 0.6 is 0 Å². The zero-order chi connectivity index (χ0) is 10.9. The summed E-state index contributed by atoms with van der Waals surface area (Å²) in [4.78, 5) is 0. The summed E-state index contributed by atoms with van der Waals surface area (Å²) in [5.74, 6) is 0.788. The molecular weight excluding hydrogens is 182 g/mol. The predicted molar refractivity (Wildman–Crippen MR) is 67.8 cm³/mol. The lowest BCUT2D eigenvalue weighted by molar-refractivity contribution is 0.553. The fourth-order valence-corrected chi connectivity index (χ4v) is 1.34. The first-order chi connectivity index (χ1) is 7.29. The second-order valence-electron chi connectivity index (χ2n) is 4.20. The topological polar surface area (TPSA) is 12.0 Å². The van der Waals surface area contributed by atoms with Crippen LogP contribution in [-0.4, -0.2) is 13.1 Å². The van der Waals surface area contributed by atoms with E-state index in [1.807, 2.05) is 6.07 Å². The highest BCUT2D eigenvalue weighted by atomic mass is 14.8. The molecule has 0 atom stereocenters. The molecule has 1 N–H and O–H groups in total. The molecule has 0 aliphatic carbocycles. The number of hydrogen-bond acceptors (Lipinski definition) is 1. The summed E-state index contributed by atoms with van der Waals surface area (Å²) < 4.78 is 0. The maximum Gasteiger partial charge on any atom is 0.0138 e. The monoisotopic (exact) mass is 203 g/mol. The van der Waals surface area contributed by atoms with Crippen LogP contribution in [0, 0.1) is 5.92 Å². The first-order valence-electron chi connectivity index (χ1n) is 5.71. The van der Waals surface area contributed by atoms with Crippen molar-refractivity contribution in [1.82, 2.24) is 5.32 Å². The van der Waals surface area contributed by atoms with Crippen LogP contribution in [0.2, 0.25) is 0 Å². The van der Waals surface area contributed by atoms with E-state index in [0.29, 0.717) is 0 Å². The SMILES string of the molecule is CC(C)CCNC/C=C/c1ccccc1. The molecule has 0 aliphatic heterocycles. The number of rotatable bonds is 6. The second kappa shape index (κ2) is 7.24. The Hall–Kier alpha value is -1.08. The van der Waals surface area contributed by atoms with Gasteiger partial charge in [0.05, 0.1) is 0 Å². The van der Waals surface area contributed by atoms with Gasteiger partial charge in [0.1, 0.15) is 0 Å². The number of nitrogens with one attached hydrogen (secondary N) is 1. The fourth-order valence-electron chi connectivity index (χ4n) is 1.34. The zero-order valence-electron chi connectivity index (χ0n) is 9.74. The summed E-state index contributed by atoms with van der Waals surface area (Å²) in [6, 6.07) is 10.4. The minimum atomic E-state index is 0.788. The molecule has 1 nitrogen and oxygen atoms in total. The lowest BCUT2D eigenvalue weighted by Gasteiger charge is -2.03. The molecule has 0 unspecified atom stereocenters. The molecule has 1 aromatic rings. The largest absolute Gasteiger partial charge is 0.313 e. The summed E-state index contributed by atoms with van der Waals surface area (Å²) in [6.07, 6.45) is 5.58. The molecule has 0 bridgehead atoms. The molecule has 82 valence electrons. The third kappa shape index (κ3) is 6.08. The van der Waals surface area contributed by atoms with Crippen molar-refractivity contribution in [2.45, 2.75) is 20.3 Å². The third-order valence-corrected chi connectivity index (χ3v) is 2.27. The van der Waals surface area contributed by atoms with Crippen LogP contribution in [0.3, 0.4) is 0 Å². The van der Waals surface area contributed by atoms with Crippen LogP contribution in [0.4, 0.5) is 0 Å². The average molecular weight is 203 g/mol. The molecule has 0 saturated carbocycles. The molecule has 0 aliphatic rings. The Morgan fingerprint density at radius 3 is 2.60 bits per heavy atom. The van der Waals surface area contributed by atoms with Crippen LogP contribution in [0.1, 0.15) is 25.8 Å². The molecule has 0 saturated heterocycles. The molecule has 0 amide bonds. The van der Waals surface area contributed by atoms with Gasteiger partial charge in [-0.1, -0.05) is 56.3 Å². The van der Waals surface area contributed by atoms with Crippen LogP contribution in [-0.2, 0) is 0 Å². The van der Waals surface area contributed by atoms with Crippen molar-refractivity contribution in [3.8, 4) is 0 Å². The Balaban J connectivity index is 2.12. The molecule has 0 aromatic heterocycles. The zero-order valence-corrected chi connectivity index (χ0v) is 9.74. The van der Waals surface area contributed by atoms with E-state index in [4.69, 9.17) is 0 Å². The molecule has 0 radical (unpaired) electrons. The van der Waals surface area contributed by atoms with Gasteiger partial charge < -0.3 is 5.32 Å². The van der Waals surface area contributed by atoms with E-state index in [9.17, 15) is 0 Å². The molecule has 1 aromatic carbocycles. The Labute approximate surface area is 93.2 Å². The van der Waals surface area contributed by atoms with Crippen molar-refractivity contribution in [3.63, 3.8) is 0 Å². The molecule has 0 fully saturated rings. The van der Waals surface area contributed by atoms with Crippen LogP contribution in [0.5, 0.6) is 0 Å². The quantitative estimate of drug-likeness (QED) is 0.699. The van der Waals surface area contributed by atoms with Gasteiger partial charge in [0.2, 0.25) is 0 Å². The van der Waals surface area contributed by atoms with Crippen molar-refractivity contribution < 1.29 is 0 Å². The maximum atomic E-state index is 3.40. The van der Waals surface area contributed by atoms with E-state index in [1.54, 1.807) is 0 Å². The average Bonchev–Trinajstić information content (AvgIpc) is 2.24. The van der Waals surface area contributed by atoms with Crippen molar-refractivity contribution in [3.05, 3.63) is 42.0 Å². The Morgan fingerprint density at radius 2 is 1.93 bits per heavy atom. The summed E-state index contributed by atoms with van der Waals surface area (Å²) in [7, 11) is 0. The van der Waals surface area contributed by atoms with Gasteiger partial charge in [-0.25, -0.2) is 0 Å². The molecular formula is C14H21N. The number of hydrogen-bond donors (Lipinski definition) is 1. The van der Waals surface area contributed by atoms with Gasteiger partial charge in [-0.3, -0.25) is 0 Å². The summed E-state index contributed by atoms with van der Waals surface area (Å²) >= 11 is 0. The van der Waals surface area contributed by atoms with Gasteiger partial charge in [-0.15, -0.1) is 0 Å². The van der Waals surface area contributed by atoms with Gasteiger partial charge in [-0.05, 0) is 24.4 Å². The van der Waals surface area contributed by atoms with Crippen molar-refractivity contribution in [2.24, 2.45) is 5.92 Å². The van der Waals surface area contributed by atoms with Gasteiger partial charge in [0.25, 0.3) is 0 Å². The second-order valence-corrected chi connectivity index (χ2v) is 4.20. The third-order valence-electron chi connectivity index (χ3n) is 2.27. The Bertz CT molecular complexity index is 275. The van der Waals surface area contributed by atoms with E-state index in [2.05, 4.69) is 55.6 Å². The maximum absolute atomic E-state index is 3.40. The molecule has 0 heterocycles. The van der Waals surface area contributed by atoms with Crippen LogP contribution in [0.15, 0.2) is 36.4 Å². The van der Waals surface area contributed by atoms with Crippen molar-refractivity contribution >= 4 is 6.08 Å². The van der Waals surface area contributed by atoms with E-state index in [-0.39, 0.29) is 0 Å². The van der Waals surface area contributed by atoms with Gasteiger partial charge in [0, 0.05) is 6.54 Å². The summed E-state index contributed by atoms with van der Waals surface area (Å²) in [6.45, 7) is 6.57. The van der Waals surface area contributed by atoms with Crippen molar-refractivity contribution in [1.29, 1.82) is 0 Å². The van der Waals surface area contributed by atoms with E-state index < -0.39 is 0 Å². The van der Waals surface area contributed by atoms with Crippen LogP contribution < -0.4 is 5.32 Å². The van der Waals surface area contributed by atoms with Crippen LogP contribution in [0.25, 0.3) is 6.08 Å². The fraction of sp³-hybridized carbons (Fsp3) is 0.429. The minimum Gasteiger partial charge on any atom is -0.313 e. The minimum absolute atomic E-state index is 0.788. The standard InChI is InChI=1S/C14H21N/c1-13(2)10-12-15-11-6-9-14-7-4-3-5-8-14/h3-9,13,15H,10-12H2,1-2H3/b9-6+. The lowest BCUT2D eigenvalue weighted by Crippen LogP contribution is -2.16. The first kappa shape index (κ1) is 12.0. The summed E-state index contributed by atoms with van der Waals surface area (Å²) in [5, 5.41) is 3.40. The first-order valence-corrected chi connectivity index (χ1v) is 5.71. The highest BCUT2D eigenvalue weighted by Crippen LogP contribution is 2.00. The smallest absolute Gasteiger partial charge is 0.0138 e. The highest BCUT2D eigenvalue weighted by Gasteiger charge is 1.90. The predicted octanol–water partition coefficient (Wildman–Crippen LogP) is 3.34.